The Labute approximate surface area is 132 Å². The molecule has 1 aromatic carbocycles. The highest BCUT2D eigenvalue weighted by Crippen LogP contribution is 2.23. The fourth-order valence-electron chi connectivity index (χ4n) is 3.20. The first kappa shape index (κ1) is 14.9. The molecule has 2 heterocycles. The first-order valence-electron chi connectivity index (χ1n) is 7.90. The van der Waals surface area contributed by atoms with Gasteiger partial charge in [-0.25, -0.2) is 0 Å². The van der Waals surface area contributed by atoms with E-state index in [1.165, 1.54) is 25.1 Å². The van der Waals surface area contributed by atoms with Crippen molar-refractivity contribution in [3.8, 4) is 0 Å². The molecule has 3 rings (SSSR count). The van der Waals surface area contributed by atoms with Crippen molar-refractivity contribution in [2.45, 2.75) is 31.8 Å². The van der Waals surface area contributed by atoms with Crippen LogP contribution in [0.15, 0.2) is 35.3 Å². The average molecular weight is 303 g/mol. The molecule has 2 aliphatic heterocycles. The van der Waals surface area contributed by atoms with Gasteiger partial charge < -0.3 is 10.2 Å². The van der Waals surface area contributed by atoms with E-state index >= 15 is 0 Å². The van der Waals surface area contributed by atoms with Gasteiger partial charge in [-0.15, -0.1) is 0 Å². The average Bonchev–Trinajstić information content (AvgIpc) is 2.90. The number of thioether (sulfide) groups is 1. The number of nitrogens with one attached hydrogen (secondary N) is 1. The summed E-state index contributed by atoms with van der Waals surface area (Å²) in [5.74, 6) is 1.79. The minimum Gasteiger partial charge on any atom is -0.361 e. The van der Waals surface area contributed by atoms with Gasteiger partial charge in [0.1, 0.15) is 0 Å². The molecule has 0 bridgehead atoms. The van der Waals surface area contributed by atoms with Crippen LogP contribution in [-0.2, 0) is 6.42 Å². The zero-order chi connectivity index (χ0) is 14.7. The summed E-state index contributed by atoms with van der Waals surface area (Å²) in [6.45, 7) is 4.66. The Morgan fingerprint density at radius 3 is 2.90 bits per heavy atom. The lowest BCUT2D eigenvalue weighted by Crippen LogP contribution is -2.40. The number of likely N-dealkylation sites (tertiary alicyclic amines) is 1. The maximum atomic E-state index is 4.98. The maximum Gasteiger partial charge on any atom is 0.157 e. The number of nitrogens with zero attached hydrogens (tertiary/aromatic N) is 2. The molecule has 1 N–H and O–H groups in total. The summed E-state index contributed by atoms with van der Waals surface area (Å²) >= 11 is 1.89. The number of aliphatic imine (C=N–C) groups is 1. The van der Waals surface area contributed by atoms with Crippen LogP contribution < -0.4 is 5.32 Å². The second-order valence-corrected chi connectivity index (χ2v) is 7.38. The molecule has 4 heteroatoms. The van der Waals surface area contributed by atoms with Crippen molar-refractivity contribution < 1.29 is 0 Å². The Bertz CT molecular complexity index is 488. The zero-order valence-corrected chi connectivity index (χ0v) is 13.8. The molecule has 0 aliphatic carbocycles. The van der Waals surface area contributed by atoms with E-state index in [9.17, 15) is 0 Å². The molecule has 114 valence electrons. The van der Waals surface area contributed by atoms with Gasteiger partial charge in [0.05, 0.1) is 6.04 Å². The Hall–Kier alpha value is -1.00. The predicted molar refractivity (Wildman–Crippen MR) is 92.0 cm³/mol. The molecule has 21 heavy (non-hydrogen) atoms. The molecule has 2 aliphatic rings. The number of hydrogen-bond donors (Lipinski definition) is 1. The lowest BCUT2D eigenvalue weighted by atomic mass is 9.95. The zero-order valence-electron chi connectivity index (χ0n) is 13.0. The van der Waals surface area contributed by atoms with Crippen LogP contribution in [0.5, 0.6) is 0 Å². The van der Waals surface area contributed by atoms with Gasteiger partial charge in [0.2, 0.25) is 0 Å². The summed E-state index contributed by atoms with van der Waals surface area (Å²) in [4.78, 5) is 7.40. The Balaban J connectivity index is 1.55. The minimum absolute atomic E-state index is 0.492. The molecular formula is C17H25N3S. The summed E-state index contributed by atoms with van der Waals surface area (Å²) in [5, 5.41) is 4.78. The molecule has 2 saturated heterocycles. The smallest absolute Gasteiger partial charge is 0.157 e. The van der Waals surface area contributed by atoms with Gasteiger partial charge in [-0.1, -0.05) is 49.0 Å². The third kappa shape index (κ3) is 4.01. The summed E-state index contributed by atoms with van der Waals surface area (Å²) < 4.78 is 0. The maximum absolute atomic E-state index is 4.98. The van der Waals surface area contributed by atoms with Crippen molar-refractivity contribution in [1.29, 1.82) is 0 Å². The van der Waals surface area contributed by atoms with Crippen molar-refractivity contribution in [3.05, 3.63) is 35.9 Å². The van der Waals surface area contributed by atoms with E-state index in [-0.39, 0.29) is 0 Å². The number of rotatable bonds is 3. The molecule has 1 aromatic rings. The summed E-state index contributed by atoms with van der Waals surface area (Å²) in [5.41, 5.74) is 1.41. The van der Waals surface area contributed by atoms with Gasteiger partial charge in [0.25, 0.3) is 0 Å². The number of benzene rings is 1. The SMILES string of the molecule is CC1CN(C)CCC1N=C1NC(Cc2ccccc2)CS1. The molecular weight excluding hydrogens is 278 g/mol. The van der Waals surface area contributed by atoms with Crippen molar-refractivity contribution in [3.63, 3.8) is 0 Å². The molecule has 0 spiro atoms. The highest BCUT2D eigenvalue weighted by Gasteiger charge is 2.26. The monoisotopic (exact) mass is 303 g/mol. The van der Waals surface area contributed by atoms with E-state index in [0.717, 1.165) is 17.3 Å². The van der Waals surface area contributed by atoms with Gasteiger partial charge in [-0.05, 0) is 37.9 Å². The topological polar surface area (TPSA) is 27.6 Å². The second-order valence-electron chi connectivity index (χ2n) is 6.37. The fraction of sp³-hybridized carbons (Fsp3) is 0.588. The molecule has 2 fully saturated rings. The first-order valence-corrected chi connectivity index (χ1v) is 8.89. The molecule has 3 nitrogen and oxygen atoms in total. The van der Waals surface area contributed by atoms with Crippen LogP contribution >= 0.6 is 11.8 Å². The second kappa shape index (κ2) is 6.84. The van der Waals surface area contributed by atoms with Crippen molar-refractivity contribution in [1.82, 2.24) is 10.2 Å². The van der Waals surface area contributed by atoms with E-state index in [0.29, 0.717) is 18.0 Å². The molecule has 0 radical (unpaired) electrons. The lowest BCUT2D eigenvalue weighted by molar-refractivity contribution is 0.198. The van der Waals surface area contributed by atoms with Gasteiger partial charge in [0.15, 0.2) is 5.17 Å². The lowest BCUT2D eigenvalue weighted by Gasteiger charge is -2.32. The Morgan fingerprint density at radius 1 is 1.33 bits per heavy atom. The molecule has 0 saturated carbocycles. The molecule has 3 unspecified atom stereocenters. The van der Waals surface area contributed by atoms with Crippen LogP contribution in [-0.4, -0.2) is 48.0 Å². The van der Waals surface area contributed by atoms with Crippen molar-refractivity contribution in [2.75, 3.05) is 25.9 Å². The van der Waals surface area contributed by atoms with Crippen molar-refractivity contribution in [2.24, 2.45) is 10.9 Å². The van der Waals surface area contributed by atoms with E-state index < -0.39 is 0 Å². The normalized spacial score (nSPS) is 32.3. The molecule has 3 atom stereocenters. The number of piperidine rings is 1. The quantitative estimate of drug-likeness (QED) is 0.930. The van der Waals surface area contributed by atoms with Crippen LogP contribution in [0.4, 0.5) is 0 Å². The van der Waals surface area contributed by atoms with E-state index in [2.05, 4.69) is 54.5 Å². The van der Waals surface area contributed by atoms with E-state index in [1.807, 2.05) is 11.8 Å². The predicted octanol–water partition coefficient (Wildman–Crippen LogP) is 2.63. The van der Waals surface area contributed by atoms with Crippen LogP contribution in [0, 0.1) is 5.92 Å². The summed E-state index contributed by atoms with van der Waals surface area (Å²) in [6.07, 6.45) is 2.28. The van der Waals surface area contributed by atoms with Crippen LogP contribution in [0.25, 0.3) is 0 Å². The fourth-order valence-corrected chi connectivity index (χ4v) is 4.22. The molecule has 0 aromatic heterocycles. The number of amidine groups is 1. The van der Waals surface area contributed by atoms with E-state index in [1.54, 1.807) is 0 Å². The van der Waals surface area contributed by atoms with Gasteiger partial charge in [0, 0.05) is 18.3 Å². The minimum atomic E-state index is 0.492. The Kier molecular flexibility index (Phi) is 4.86. The molecule has 0 amide bonds. The van der Waals surface area contributed by atoms with Crippen LogP contribution in [0.3, 0.4) is 0 Å². The van der Waals surface area contributed by atoms with Crippen LogP contribution in [0.1, 0.15) is 18.9 Å². The van der Waals surface area contributed by atoms with Gasteiger partial charge in [-0.2, -0.15) is 0 Å². The third-order valence-corrected chi connectivity index (χ3v) is 5.49. The van der Waals surface area contributed by atoms with E-state index in [4.69, 9.17) is 4.99 Å². The van der Waals surface area contributed by atoms with Crippen LogP contribution in [0.2, 0.25) is 0 Å². The Morgan fingerprint density at radius 2 is 2.14 bits per heavy atom. The highest BCUT2D eigenvalue weighted by molar-refractivity contribution is 8.14. The number of hydrogen-bond acceptors (Lipinski definition) is 3. The standard InChI is InChI=1S/C17H25N3S/c1-13-11-20(2)9-8-16(13)19-17-18-15(12-21-17)10-14-6-4-3-5-7-14/h3-7,13,15-16H,8-12H2,1-2H3,(H,18,19). The largest absolute Gasteiger partial charge is 0.361 e. The first-order chi connectivity index (χ1) is 10.2. The van der Waals surface area contributed by atoms with Crippen molar-refractivity contribution >= 4 is 16.9 Å². The third-order valence-electron chi connectivity index (χ3n) is 4.42. The summed E-state index contributed by atoms with van der Waals surface area (Å²) in [6, 6.07) is 11.7. The van der Waals surface area contributed by atoms with Gasteiger partial charge >= 0.3 is 0 Å². The van der Waals surface area contributed by atoms with Gasteiger partial charge in [-0.3, -0.25) is 4.99 Å². The highest BCUT2D eigenvalue weighted by atomic mass is 32.2. The summed E-state index contributed by atoms with van der Waals surface area (Å²) in [7, 11) is 2.21.